The monoisotopic (exact) mass is 385 g/mol. The number of halogens is 1. The largest absolute Gasteiger partial charge is 0.375 e. The minimum absolute atomic E-state index is 0.207. The molecule has 0 saturated heterocycles. The predicted octanol–water partition coefficient (Wildman–Crippen LogP) is 5.68. The molecule has 1 unspecified atom stereocenters. The van der Waals surface area contributed by atoms with E-state index in [1.54, 1.807) is 0 Å². The summed E-state index contributed by atoms with van der Waals surface area (Å²) in [5.74, 6) is 1.03. The first kappa shape index (κ1) is 21.3. The number of thiocarbonyl (C=S) groups is 1. The fraction of sp³-hybridized carbons (Fsp3) is 0.556. The third-order valence-corrected chi connectivity index (χ3v) is 5.28. The molecule has 0 aromatic heterocycles. The smallest absolute Gasteiger partial charge is 0.184 e. The van der Waals surface area contributed by atoms with Crippen molar-refractivity contribution >= 4 is 46.4 Å². The van der Waals surface area contributed by atoms with Crippen LogP contribution >= 0.6 is 35.6 Å². The second kappa shape index (κ2) is 12.6. The summed E-state index contributed by atoms with van der Waals surface area (Å²) in [6.45, 7) is 4.38. The Labute approximate surface area is 160 Å². The number of nitrogens with zero attached hydrogens (tertiary/aromatic N) is 1. The van der Waals surface area contributed by atoms with E-state index in [2.05, 4.69) is 30.4 Å². The highest BCUT2D eigenvalue weighted by Gasteiger charge is 2.17. The Balaban J connectivity index is 2.83. The molecule has 1 aromatic rings. The molecule has 134 valence electrons. The van der Waals surface area contributed by atoms with Crippen LogP contribution in [0, 0.1) is 0 Å². The number of nitrogens with two attached hydrogens (primary N) is 1. The van der Waals surface area contributed by atoms with E-state index in [0.29, 0.717) is 5.25 Å². The standard InChI is InChI=1S/C18H28ClN3S2/c1-3-5-6-7-10-14(21-22-18(20)23)13-17(24-4-2)15-11-8-9-12-16(15)19/h8-9,11-12,17H,3-7,10,13H2,1-2H3,(H3,20,22,23)/b21-14+. The summed E-state index contributed by atoms with van der Waals surface area (Å²) in [6.07, 6.45) is 6.65. The SMILES string of the molecule is CCCCCC/C(CC(SCC)c1ccccc1Cl)=N\NC(N)=S. The molecular formula is C18H28ClN3S2. The highest BCUT2D eigenvalue weighted by Crippen LogP contribution is 2.36. The average Bonchev–Trinajstić information content (AvgIpc) is 2.56. The molecule has 0 spiro atoms. The van der Waals surface area contributed by atoms with Gasteiger partial charge in [0.15, 0.2) is 5.11 Å². The van der Waals surface area contributed by atoms with E-state index in [0.717, 1.165) is 35.7 Å². The van der Waals surface area contributed by atoms with Gasteiger partial charge in [-0.1, -0.05) is 62.9 Å². The predicted molar refractivity (Wildman–Crippen MR) is 113 cm³/mol. The van der Waals surface area contributed by atoms with Gasteiger partial charge in [-0.15, -0.1) is 0 Å². The molecule has 3 N–H and O–H groups in total. The first-order valence-electron chi connectivity index (χ1n) is 8.55. The minimum atomic E-state index is 0.207. The van der Waals surface area contributed by atoms with E-state index in [1.165, 1.54) is 24.8 Å². The Morgan fingerprint density at radius 2 is 2.04 bits per heavy atom. The maximum Gasteiger partial charge on any atom is 0.184 e. The summed E-state index contributed by atoms with van der Waals surface area (Å²) in [5, 5.41) is 5.76. The van der Waals surface area contributed by atoms with E-state index in [-0.39, 0.29) is 5.11 Å². The van der Waals surface area contributed by atoms with Crippen LogP contribution in [0.1, 0.15) is 63.2 Å². The van der Waals surface area contributed by atoms with E-state index in [1.807, 2.05) is 30.0 Å². The molecule has 0 aliphatic carbocycles. The number of benzene rings is 1. The summed E-state index contributed by atoms with van der Waals surface area (Å²) in [6, 6.07) is 8.06. The van der Waals surface area contributed by atoms with Gasteiger partial charge in [-0.3, -0.25) is 5.43 Å². The molecule has 0 amide bonds. The molecule has 1 rings (SSSR count). The van der Waals surface area contributed by atoms with Crippen molar-refractivity contribution in [2.75, 3.05) is 5.75 Å². The molecule has 3 nitrogen and oxygen atoms in total. The Kier molecular flexibility index (Phi) is 11.1. The lowest BCUT2D eigenvalue weighted by molar-refractivity contribution is 0.677. The van der Waals surface area contributed by atoms with Gasteiger partial charge in [0, 0.05) is 22.4 Å². The summed E-state index contributed by atoms with van der Waals surface area (Å²) >= 11 is 13.2. The lowest BCUT2D eigenvalue weighted by atomic mass is 10.0. The zero-order valence-corrected chi connectivity index (χ0v) is 16.9. The zero-order valence-electron chi connectivity index (χ0n) is 14.6. The quantitative estimate of drug-likeness (QED) is 0.222. The molecule has 0 saturated carbocycles. The van der Waals surface area contributed by atoms with E-state index >= 15 is 0 Å². The molecule has 24 heavy (non-hydrogen) atoms. The molecule has 6 heteroatoms. The van der Waals surface area contributed by atoms with Gasteiger partial charge in [-0.2, -0.15) is 16.9 Å². The topological polar surface area (TPSA) is 50.4 Å². The van der Waals surface area contributed by atoms with Crippen molar-refractivity contribution in [2.24, 2.45) is 10.8 Å². The van der Waals surface area contributed by atoms with Gasteiger partial charge < -0.3 is 5.73 Å². The van der Waals surface area contributed by atoms with Gasteiger partial charge in [-0.25, -0.2) is 0 Å². The molecule has 0 fully saturated rings. The van der Waals surface area contributed by atoms with Crippen LogP contribution in [0.15, 0.2) is 29.4 Å². The number of thioether (sulfide) groups is 1. The maximum atomic E-state index is 6.40. The molecule has 1 atom stereocenters. The second-order valence-corrected chi connectivity index (χ2v) is 7.96. The van der Waals surface area contributed by atoms with Crippen LogP contribution in [0.2, 0.25) is 5.02 Å². The van der Waals surface area contributed by atoms with Gasteiger partial charge in [0.25, 0.3) is 0 Å². The van der Waals surface area contributed by atoms with Gasteiger partial charge >= 0.3 is 0 Å². The van der Waals surface area contributed by atoms with Crippen molar-refractivity contribution < 1.29 is 0 Å². The van der Waals surface area contributed by atoms with Crippen molar-refractivity contribution in [3.63, 3.8) is 0 Å². The van der Waals surface area contributed by atoms with Crippen molar-refractivity contribution in [1.29, 1.82) is 0 Å². The Morgan fingerprint density at radius 1 is 1.29 bits per heavy atom. The summed E-state index contributed by atoms with van der Waals surface area (Å²) in [4.78, 5) is 0. The lowest BCUT2D eigenvalue weighted by Gasteiger charge is -2.19. The van der Waals surface area contributed by atoms with E-state index < -0.39 is 0 Å². The molecule has 1 aromatic carbocycles. The second-order valence-electron chi connectivity index (χ2n) is 5.63. The van der Waals surface area contributed by atoms with Gasteiger partial charge in [0.05, 0.1) is 0 Å². The number of hydrogen-bond acceptors (Lipinski definition) is 3. The van der Waals surface area contributed by atoms with Crippen LogP contribution in [0.3, 0.4) is 0 Å². The summed E-state index contributed by atoms with van der Waals surface area (Å²) in [7, 11) is 0. The number of rotatable bonds is 11. The normalized spacial score (nSPS) is 12.9. The number of hydrazone groups is 1. The van der Waals surface area contributed by atoms with Crippen LogP contribution in [-0.2, 0) is 0 Å². The third-order valence-electron chi connectivity index (χ3n) is 3.68. The zero-order chi connectivity index (χ0) is 17.8. The van der Waals surface area contributed by atoms with Gasteiger partial charge in [0.2, 0.25) is 0 Å². The fourth-order valence-electron chi connectivity index (χ4n) is 2.50. The summed E-state index contributed by atoms with van der Waals surface area (Å²) in [5.41, 5.74) is 10.6. The Hall–Kier alpha value is -0.780. The van der Waals surface area contributed by atoms with E-state index in [4.69, 9.17) is 29.6 Å². The molecule has 0 aliphatic rings. The number of hydrogen-bond donors (Lipinski definition) is 2. The number of unbranched alkanes of at least 4 members (excludes halogenated alkanes) is 3. The molecular weight excluding hydrogens is 358 g/mol. The van der Waals surface area contributed by atoms with Crippen molar-refractivity contribution in [1.82, 2.24) is 5.43 Å². The van der Waals surface area contributed by atoms with Crippen LogP contribution in [0.4, 0.5) is 0 Å². The van der Waals surface area contributed by atoms with Crippen LogP contribution in [-0.4, -0.2) is 16.6 Å². The Bertz CT molecular complexity index is 535. The van der Waals surface area contributed by atoms with E-state index in [9.17, 15) is 0 Å². The summed E-state index contributed by atoms with van der Waals surface area (Å²) < 4.78 is 0. The van der Waals surface area contributed by atoms with Crippen molar-refractivity contribution in [2.45, 2.75) is 57.6 Å². The first-order chi connectivity index (χ1) is 11.6. The third kappa shape index (κ3) is 8.36. The molecule has 0 bridgehead atoms. The first-order valence-corrected chi connectivity index (χ1v) is 10.4. The molecule has 0 aliphatic heterocycles. The Morgan fingerprint density at radius 3 is 2.67 bits per heavy atom. The highest BCUT2D eigenvalue weighted by atomic mass is 35.5. The van der Waals surface area contributed by atoms with Crippen LogP contribution < -0.4 is 11.2 Å². The fourth-order valence-corrected chi connectivity index (χ4v) is 3.98. The molecule has 0 heterocycles. The van der Waals surface area contributed by atoms with Crippen LogP contribution in [0.5, 0.6) is 0 Å². The van der Waals surface area contributed by atoms with Gasteiger partial charge in [0.1, 0.15) is 0 Å². The highest BCUT2D eigenvalue weighted by molar-refractivity contribution is 7.99. The number of nitrogens with one attached hydrogen (secondary N) is 1. The van der Waals surface area contributed by atoms with Gasteiger partial charge in [-0.05, 0) is 42.4 Å². The average molecular weight is 386 g/mol. The van der Waals surface area contributed by atoms with Crippen LogP contribution in [0.25, 0.3) is 0 Å². The maximum absolute atomic E-state index is 6.40. The molecule has 0 radical (unpaired) electrons. The van der Waals surface area contributed by atoms with Crippen molar-refractivity contribution in [3.8, 4) is 0 Å². The minimum Gasteiger partial charge on any atom is -0.375 e. The lowest BCUT2D eigenvalue weighted by Crippen LogP contribution is -2.25. The van der Waals surface area contributed by atoms with Crippen molar-refractivity contribution in [3.05, 3.63) is 34.9 Å².